The maximum absolute atomic E-state index is 13.1. The molecule has 4 aliphatic rings. The largest absolute Gasteiger partial charge is 0.346 e. The van der Waals surface area contributed by atoms with E-state index < -0.39 is 0 Å². The van der Waals surface area contributed by atoms with E-state index >= 15 is 0 Å². The van der Waals surface area contributed by atoms with Crippen LogP contribution in [0.1, 0.15) is 63.2 Å². The standard InChI is InChI=1S/C23H31N3OS/c1-28-7-6-20(22-25-18-4-2-3-5-19(18)26-22)24-21(27)14-23-11-15-8-16(12-23)10-17(9-15)13-23/h2-5,15-17,20H,6-14H2,1H3,(H,24,27)(H,25,26)/t15?,16?,17?,20-,23?/m0/s1. The molecule has 0 radical (unpaired) electrons. The summed E-state index contributed by atoms with van der Waals surface area (Å²) in [5.74, 6) is 4.81. The summed E-state index contributed by atoms with van der Waals surface area (Å²) in [6, 6.07) is 8.08. The van der Waals surface area contributed by atoms with Gasteiger partial charge in [0.05, 0.1) is 17.1 Å². The first kappa shape index (κ1) is 18.5. The number of hydrogen-bond donors (Lipinski definition) is 2. The predicted molar refractivity (Wildman–Crippen MR) is 115 cm³/mol. The summed E-state index contributed by atoms with van der Waals surface area (Å²) in [7, 11) is 0. The van der Waals surface area contributed by atoms with Gasteiger partial charge in [0.1, 0.15) is 5.82 Å². The van der Waals surface area contributed by atoms with E-state index in [4.69, 9.17) is 4.98 Å². The molecule has 0 aliphatic heterocycles. The first-order chi connectivity index (χ1) is 13.6. The number of nitrogens with zero attached hydrogens (tertiary/aromatic N) is 1. The van der Waals surface area contributed by atoms with Crippen molar-refractivity contribution in [1.29, 1.82) is 0 Å². The van der Waals surface area contributed by atoms with E-state index in [9.17, 15) is 4.79 Å². The second kappa shape index (κ2) is 7.40. The molecular formula is C23H31N3OS. The number of rotatable bonds is 7. The maximum Gasteiger partial charge on any atom is 0.221 e. The Balaban J connectivity index is 1.30. The van der Waals surface area contributed by atoms with Crippen molar-refractivity contribution in [2.45, 2.75) is 57.4 Å². The molecule has 0 unspecified atom stereocenters. The van der Waals surface area contributed by atoms with E-state index in [0.29, 0.717) is 6.42 Å². The minimum absolute atomic E-state index is 0.0266. The van der Waals surface area contributed by atoms with Crippen LogP contribution in [0.3, 0.4) is 0 Å². The van der Waals surface area contributed by atoms with Crippen LogP contribution in [0, 0.1) is 23.2 Å². The lowest BCUT2D eigenvalue weighted by Crippen LogP contribution is -2.48. The zero-order chi connectivity index (χ0) is 19.1. The molecule has 1 aromatic carbocycles. The average Bonchev–Trinajstić information content (AvgIpc) is 3.07. The van der Waals surface area contributed by atoms with Gasteiger partial charge in [-0.2, -0.15) is 11.8 Å². The van der Waals surface area contributed by atoms with Crippen molar-refractivity contribution < 1.29 is 4.79 Å². The third kappa shape index (κ3) is 3.58. The molecule has 5 heteroatoms. The number of aromatic nitrogens is 2. The van der Waals surface area contributed by atoms with Gasteiger partial charge in [-0.25, -0.2) is 4.98 Å². The van der Waals surface area contributed by atoms with Gasteiger partial charge in [-0.3, -0.25) is 4.79 Å². The van der Waals surface area contributed by atoms with Gasteiger partial charge < -0.3 is 10.3 Å². The highest BCUT2D eigenvalue weighted by atomic mass is 32.2. The first-order valence-electron chi connectivity index (χ1n) is 10.9. The molecule has 4 saturated carbocycles. The lowest BCUT2D eigenvalue weighted by atomic mass is 9.49. The summed E-state index contributed by atoms with van der Waals surface area (Å²) < 4.78 is 0. The third-order valence-electron chi connectivity index (χ3n) is 7.38. The number of hydrogen-bond acceptors (Lipinski definition) is 3. The second-order valence-electron chi connectivity index (χ2n) is 9.64. The van der Waals surface area contributed by atoms with Crippen LogP contribution in [0.5, 0.6) is 0 Å². The SMILES string of the molecule is CSCC[C@H](NC(=O)CC12CC3CC(CC(C3)C1)C2)c1nc2ccccc2[nH]1. The molecule has 1 amide bonds. The fourth-order valence-electron chi connectivity index (χ4n) is 6.74. The van der Waals surface area contributed by atoms with Crippen LogP contribution in [0.15, 0.2) is 24.3 Å². The number of thioether (sulfide) groups is 1. The molecular weight excluding hydrogens is 366 g/mol. The van der Waals surface area contributed by atoms with Crippen molar-refractivity contribution in [2.75, 3.05) is 12.0 Å². The van der Waals surface area contributed by atoms with Crippen LogP contribution >= 0.6 is 11.8 Å². The fraction of sp³-hybridized carbons (Fsp3) is 0.652. The quantitative estimate of drug-likeness (QED) is 0.685. The van der Waals surface area contributed by atoms with Crippen molar-refractivity contribution in [2.24, 2.45) is 23.2 Å². The van der Waals surface area contributed by atoms with Crippen LogP contribution in [0.2, 0.25) is 0 Å². The van der Waals surface area contributed by atoms with Crippen LogP contribution in [0.25, 0.3) is 11.0 Å². The van der Waals surface area contributed by atoms with Gasteiger partial charge in [-0.15, -0.1) is 0 Å². The lowest BCUT2D eigenvalue weighted by molar-refractivity contribution is -0.130. The Morgan fingerprint density at radius 2 is 1.89 bits per heavy atom. The van der Waals surface area contributed by atoms with Crippen molar-refractivity contribution >= 4 is 28.7 Å². The topological polar surface area (TPSA) is 57.8 Å². The molecule has 6 rings (SSSR count). The molecule has 4 aliphatic carbocycles. The zero-order valence-corrected chi connectivity index (χ0v) is 17.6. The molecule has 0 saturated heterocycles. The Bertz CT molecular complexity index is 792. The number of amides is 1. The van der Waals surface area contributed by atoms with Gasteiger partial charge in [0.2, 0.25) is 5.91 Å². The van der Waals surface area contributed by atoms with E-state index in [2.05, 4.69) is 22.6 Å². The second-order valence-corrected chi connectivity index (χ2v) is 10.6. The zero-order valence-electron chi connectivity index (χ0n) is 16.7. The molecule has 150 valence electrons. The highest BCUT2D eigenvalue weighted by Crippen LogP contribution is 2.61. The normalized spacial score (nSPS) is 32.0. The summed E-state index contributed by atoms with van der Waals surface area (Å²) in [6.45, 7) is 0. The summed E-state index contributed by atoms with van der Waals surface area (Å²) in [4.78, 5) is 21.3. The molecule has 2 aromatic rings. The molecule has 4 fully saturated rings. The maximum atomic E-state index is 13.1. The molecule has 0 spiro atoms. The number of nitrogens with one attached hydrogen (secondary N) is 2. The van der Waals surface area contributed by atoms with E-state index in [1.165, 1.54) is 38.5 Å². The molecule has 1 heterocycles. The first-order valence-corrected chi connectivity index (χ1v) is 12.2. The van der Waals surface area contributed by atoms with Gasteiger partial charge in [0.15, 0.2) is 0 Å². The highest BCUT2D eigenvalue weighted by Gasteiger charge is 2.51. The van der Waals surface area contributed by atoms with Crippen molar-refractivity contribution in [3.05, 3.63) is 30.1 Å². The van der Waals surface area contributed by atoms with E-state index in [-0.39, 0.29) is 17.4 Å². The van der Waals surface area contributed by atoms with Crippen molar-refractivity contribution in [3.63, 3.8) is 0 Å². The Labute approximate surface area is 171 Å². The summed E-state index contributed by atoms with van der Waals surface area (Å²) in [5.41, 5.74) is 2.31. The molecule has 28 heavy (non-hydrogen) atoms. The summed E-state index contributed by atoms with van der Waals surface area (Å²) in [6.07, 6.45) is 11.9. The Morgan fingerprint density at radius 3 is 2.54 bits per heavy atom. The van der Waals surface area contributed by atoms with Crippen molar-refractivity contribution in [1.82, 2.24) is 15.3 Å². The van der Waals surface area contributed by atoms with Crippen molar-refractivity contribution in [3.8, 4) is 0 Å². The Hall–Kier alpha value is -1.49. The third-order valence-corrected chi connectivity index (χ3v) is 8.03. The van der Waals surface area contributed by atoms with Gasteiger partial charge in [0.25, 0.3) is 0 Å². The Morgan fingerprint density at radius 1 is 1.21 bits per heavy atom. The predicted octanol–water partition coefficient (Wildman–Crippen LogP) is 5.08. The number of H-pyrrole nitrogens is 1. The van der Waals surface area contributed by atoms with Crippen LogP contribution < -0.4 is 5.32 Å². The minimum atomic E-state index is -0.0266. The highest BCUT2D eigenvalue weighted by molar-refractivity contribution is 7.98. The molecule has 4 nitrogen and oxygen atoms in total. The van der Waals surface area contributed by atoms with Gasteiger partial charge in [-0.1, -0.05) is 12.1 Å². The van der Waals surface area contributed by atoms with Gasteiger partial charge >= 0.3 is 0 Å². The number of para-hydroxylation sites is 2. The summed E-state index contributed by atoms with van der Waals surface area (Å²) in [5, 5.41) is 3.36. The van der Waals surface area contributed by atoms with E-state index in [1.54, 1.807) is 0 Å². The molecule has 1 atom stereocenters. The lowest BCUT2D eigenvalue weighted by Gasteiger charge is -2.56. The summed E-state index contributed by atoms with van der Waals surface area (Å²) >= 11 is 1.82. The molecule has 1 aromatic heterocycles. The average molecular weight is 398 g/mol. The van der Waals surface area contributed by atoms with Crippen LogP contribution in [-0.4, -0.2) is 27.9 Å². The number of fused-ring (bicyclic) bond motifs is 1. The van der Waals surface area contributed by atoms with Gasteiger partial charge in [0, 0.05) is 6.42 Å². The minimum Gasteiger partial charge on any atom is -0.346 e. The smallest absolute Gasteiger partial charge is 0.221 e. The Kier molecular flexibility index (Phi) is 4.90. The number of imidazole rings is 1. The van der Waals surface area contributed by atoms with E-state index in [1.807, 2.05) is 30.0 Å². The van der Waals surface area contributed by atoms with E-state index in [0.717, 1.165) is 46.8 Å². The van der Waals surface area contributed by atoms with Crippen LogP contribution in [-0.2, 0) is 4.79 Å². The monoisotopic (exact) mass is 397 g/mol. The van der Waals surface area contributed by atoms with Gasteiger partial charge in [-0.05, 0) is 92.3 Å². The van der Waals surface area contributed by atoms with Crippen LogP contribution in [0.4, 0.5) is 0 Å². The number of benzene rings is 1. The fourth-order valence-corrected chi connectivity index (χ4v) is 7.21. The molecule has 4 bridgehead atoms. The number of carbonyl (C=O) groups is 1. The molecule has 2 N–H and O–H groups in total. The number of carbonyl (C=O) groups excluding carboxylic acids is 1. The number of aromatic amines is 1.